The van der Waals surface area contributed by atoms with E-state index in [0.717, 1.165) is 19.3 Å². The number of halogens is 1. The summed E-state index contributed by atoms with van der Waals surface area (Å²) in [4.78, 5) is 14.0. The molecular weight excluding hydrogens is 247 g/mol. The summed E-state index contributed by atoms with van der Waals surface area (Å²) in [6.07, 6.45) is 4.71. The lowest BCUT2D eigenvalue weighted by molar-refractivity contribution is 0.365. The van der Waals surface area contributed by atoms with Gasteiger partial charge in [-0.05, 0) is 17.7 Å². The molecule has 0 spiro atoms. The van der Waals surface area contributed by atoms with Gasteiger partial charge in [-0.2, -0.15) is 9.37 Å². The van der Waals surface area contributed by atoms with Gasteiger partial charge in [0, 0.05) is 31.4 Å². The number of pyridine rings is 1. The van der Waals surface area contributed by atoms with Gasteiger partial charge >= 0.3 is 0 Å². The number of ether oxygens (including phenoxy) is 1. The van der Waals surface area contributed by atoms with Crippen molar-refractivity contribution in [1.29, 1.82) is 0 Å². The number of nitrogens with zero attached hydrogens (tertiary/aromatic N) is 4. The van der Waals surface area contributed by atoms with Crippen LogP contribution >= 0.6 is 0 Å². The van der Waals surface area contributed by atoms with Crippen LogP contribution in [0.3, 0.4) is 0 Å². The Bertz CT molecular complexity index is 572. The lowest BCUT2D eigenvalue weighted by atomic mass is 9.93. The largest absolute Gasteiger partial charge is 0.479 e. The normalized spacial score (nSPS) is 15.2. The van der Waals surface area contributed by atoms with Gasteiger partial charge in [0.1, 0.15) is 0 Å². The number of anilines is 1. The molecule has 0 saturated carbocycles. The molecular formula is C13H13FN4O. The maximum atomic E-state index is 13.2. The van der Waals surface area contributed by atoms with E-state index in [4.69, 9.17) is 4.74 Å². The maximum absolute atomic E-state index is 13.2. The Morgan fingerprint density at radius 3 is 2.74 bits per heavy atom. The van der Waals surface area contributed by atoms with Crippen molar-refractivity contribution in [2.75, 3.05) is 25.1 Å². The molecule has 0 aromatic carbocycles. The summed E-state index contributed by atoms with van der Waals surface area (Å²) >= 11 is 0. The van der Waals surface area contributed by atoms with Crippen molar-refractivity contribution in [3.63, 3.8) is 0 Å². The fourth-order valence-electron chi connectivity index (χ4n) is 2.13. The molecule has 1 saturated heterocycles. The highest BCUT2D eigenvalue weighted by Gasteiger charge is 2.30. The first kappa shape index (κ1) is 11.8. The fraction of sp³-hybridized carbons (Fsp3) is 0.308. The second-order valence-electron chi connectivity index (χ2n) is 4.41. The zero-order valence-electron chi connectivity index (χ0n) is 10.5. The standard InChI is InChI=1S/C13H13FN4O/c1-19-12-11(14)6-16-13(17-12)18-7-10(8-18)9-2-4-15-5-3-9/h2-6,10H,7-8H2,1H3. The SMILES string of the molecule is COc1nc(N2CC(c3ccncc3)C2)ncc1F. The minimum absolute atomic E-state index is 0.0163. The highest BCUT2D eigenvalue weighted by atomic mass is 19.1. The van der Waals surface area contributed by atoms with Crippen molar-refractivity contribution in [1.82, 2.24) is 15.0 Å². The molecule has 3 heterocycles. The molecule has 98 valence electrons. The summed E-state index contributed by atoms with van der Waals surface area (Å²) in [5, 5.41) is 0. The van der Waals surface area contributed by atoms with Gasteiger partial charge in [-0.15, -0.1) is 0 Å². The zero-order valence-corrected chi connectivity index (χ0v) is 10.5. The van der Waals surface area contributed by atoms with Gasteiger partial charge in [-0.1, -0.05) is 0 Å². The zero-order chi connectivity index (χ0) is 13.2. The van der Waals surface area contributed by atoms with Crippen LogP contribution in [0.1, 0.15) is 11.5 Å². The Morgan fingerprint density at radius 1 is 1.32 bits per heavy atom. The van der Waals surface area contributed by atoms with Crippen LogP contribution in [0, 0.1) is 5.82 Å². The minimum Gasteiger partial charge on any atom is -0.479 e. The third-order valence-corrected chi connectivity index (χ3v) is 3.23. The van der Waals surface area contributed by atoms with Crippen molar-refractivity contribution in [3.05, 3.63) is 42.1 Å². The van der Waals surface area contributed by atoms with E-state index in [0.29, 0.717) is 11.9 Å². The molecule has 1 aliphatic heterocycles. The Hall–Kier alpha value is -2.24. The van der Waals surface area contributed by atoms with Crippen LogP contribution in [-0.2, 0) is 0 Å². The van der Waals surface area contributed by atoms with Crippen molar-refractivity contribution in [2.45, 2.75) is 5.92 Å². The maximum Gasteiger partial charge on any atom is 0.255 e. The molecule has 2 aromatic heterocycles. The molecule has 0 bridgehead atoms. The summed E-state index contributed by atoms with van der Waals surface area (Å²) < 4.78 is 18.1. The van der Waals surface area contributed by atoms with Crippen LogP contribution in [0.2, 0.25) is 0 Å². The highest BCUT2D eigenvalue weighted by Crippen LogP contribution is 2.30. The Kier molecular flexibility index (Phi) is 2.98. The van der Waals surface area contributed by atoms with E-state index in [9.17, 15) is 4.39 Å². The molecule has 0 unspecified atom stereocenters. The van der Waals surface area contributed by atoms with E-state index in [1.54, 1.807) is 12.4 Å². The highest BCUT2D eigenvalue weighted by molar-refractivity contribution is 5.40. The third-order valence-electron chi connectivity index (χ3n) is 3.23. The molecule has 1 fully saturated rings. The quantitative estimate of drug-likeness (QED) is 0.839. The average molecular weight is 260 g/mol. The lowest BCUT2D eigenvalue weighted by Gasteiger charge is -2.39. The van der Waals surface area contributed by atoms with Gasteiger partial charge in [0.25, 0.3) is 5.88 Å². The summed E-state index contributed by atoms with van der Waals surface area (Å²) in [5.74, 6) is 0.390. The van der Waals surface area contributed by atoms with Crippen LogP contribution in [-0.4, -0.2) is 35.2 Å². The molecule has 5 nitrogen and oxygen atoms in total. The molecule has 0 atom stereocenters. The van der Waals surface area contributed by atoms with E-state index in [-0.39, 0.29) is 5.88 Å². The molecule has 3 rings (SSSR count). The predicted octanol–water partition coefficient (Wildman–Crippen LogP) is 1.62. The molecule has 0 aliphatic carbocycles. The van der Waals surface area contributed by atoms with Crippen molar-refractivity contribution in [2.24, 2.45) is 0 Å². The van der Waals surface area contributed by atoms with Crippen LogP contribution in [0.4, 0.5) is 10.3 Å². The molecule has 2 aromatic rings. The van der Waals surface area contributed by atoms with Crippen LogP contribution in [0.25, 0.3) is 0 Å². The monoisotopic (exact) mass is 260 g/mol. The Morgan fingerprint density at radius 2 is 2.05 bits per heavy atom. The number of methoxy groups -OCH3 is 1. The lowest BCUT2D eigenvalue weighted by Crippen LogP contribution is -2.46. The summed E-state index contributed by atoms with van der Waals surface area (Å²) in [5.41, 5.74) is 1.25. The van der Waals surface area contributed by atoms with Gasteiger partial charge in [0.05, 0.1) is 13.3 Å². The van der Waals surface area contributed by atoms with Gasteiger partial charge < -0.3 is 9.64 Å². The predicted molar refractivity (Wildman–Crippen MR) is 67.7 cm³/mol. The van der Waals surface area contributed by atoms with Gasteiger partial charge in [-0.25, -0.2) is 4.98 Å². The molecule has 1 aliphatic rings. The van der Waals surface area contributed by atoms with E-state index in [1.807, 2.05) is 17.0 Å². The first-order chi connectivity index (χ1) is 9.28. The second-order valence-corrected chi connectivity index (χ2v) is 4.41. The first-order valence-corrected chi connectivity index (χ1v) is 5.99. The number of rotatable bonds is 3. The Balaban J connectivity index is 1.71. The van der Waals surface area contributed by atoms with E-state index < -0.39 is 5.82 Å². The second kappa shape index (κ2) is 4.79. The van der Waals surface area contributed by atoms with Gasteiger partial charge in [0.15, 0.2) is 0 Å². The van der Waals surface area contributed by atoms with E-state index in [1.165, 1.54) is 12.7 Å². The number of hydrogen-bond donors (Lipinski definition) is 0. The smallest absolute Gasteiger partial charge is 0.255 e. The number of aromatic nitrogens is 3. The summed E-state index contributed by atoms with van der Waals surface area (Å²) in [6, 6.07) is 4.02. The fourth-order valence-corrected chi connectivity index (χ4v) is 2.13. The molecule has 0 N–H and O–H groups in total. The minimum atomic E-state index is -0.544. The molecule has 19 heavy (non-hydrogen) atoms. The topological polar surface area (TPSA) is 51.1 Å². The number of hydrogen-bond acceptors (Lipinski definition) is 5. The van der Waals surface area contributed by atoms with Crippen LogP contribution in [0.15, 0.2) is 30.7 Å². The molecule has 6 heteroatoms. The summed E-state index contributed by atoms with van der Waals surface area (Å²) in [6.45, 7) is 1.64. The van der Waals surface area contributed by atoms with Gasteiger partial charge in [-0.3, -0.25) is 4.98 Å². The van der Waals surface area contributed by atoms with E-state index in [2.05, 4.69) is 15.0 Å². The van der Waals surface area contributed by atoms with Crippen molar-refractivity contribution < 1.29 is 9.13 Å². The van der Waals surface area contributed by atoms with E-state index >= 15 is 0 Å². The third kappa shape index (κ3) is 2.21. The Labute approximate surface area is 110 Å². The molecule has 0 amide bonds. The summed E-state index contributed by atoms with van der Waals surface area (Å²) in [7, 11) is 1.39. The van der Waals surface area contributed by atoms with Crippen molar-refractivity contribution >= 4 is 5.95 Å². The van der Waals surface area contributed by atoms with Crippen LogP contribution < -0.4 is 9.64 Å². The average Bonchev–Trinajstić information content (AvgIpc) is 2.40. The molecule has 0 radical (unpaired) electrons. The van der Waals surface area contributed by atoms with Crippen molar-refractivity contribution in [3.8, 4) is 5.88 Å². The van der Waals surface area contributed by atoms with Gasteiger partial charge in [0.2, 0.25) is 11.8 Å². The van der Waals surface area contributed by atoms with Crippen LogP contribution in [0.5, 0.6) is 5.88 Å². The first-order valence-electron chi connectivity index (χ1n) is 5.99.